The molecule has 0 aromatic heterocycles. The Morgan fingerprint density at radius 2 is 1.88 bits per heavy atom. The van der Waals surface area contributed by atoms with Gasteiger partial charge in [0.2, 0.25) is 0 Å². The van der Waals surface area contributed by atoms with E-state index < -0.39 is 15.3 Å². The zero-order valence-corrected chi connectivity index (χ0v) is 10.9. The summed E-state index contributed by atoms with van der Waals surface area (Å²) in [5.41, 5.74) is -0.444. The summed E-state index contributed by atoms with van der Waals surface area (Å²) < 4.78 is 22.7. The van der Waals surface area contributed by atoms with Crippen molar-refractivity contribution in [3.8, 4) is 0 Å². The largest absolute Gasteiger partial charge is 0.316 e. The zero-order valence-electron chi connectivity index (χ0n) is 10.1. The molecule has 0 atom stereocenters. The number of nitrogens with one attached hydrogen (secondary N) is 1. The molecule has 0 bridgehead atoms. The summed E-state index contributed by atoms with van der Waals surface area (Å²) >= 11 is 0. The Labute approximate surface area is 97.7 Å². The van der Waals surface area contributed by atoms with E-state index in [2.05, 4.69) is 12.2 Å². The predicted molar refractivity (Wildman–Crippen MR) is 64.2 cm³/mol. The maximum absolute atomic E-state index is 11.7. The number of carbonyl (C=O) groups excluding carboxylic acids is 1. The first-order valence-corrected chi connectivity index (χ1v) is 7.66. The molecule has 94 valence electrons. The van der Waals surface area contributed by atoms with E-state index in [1.54, 1.807) is 6.92 Å². The highest BCUT2D eigenvalue weighted by Crippen LogP contribution is 2.32. The van der Waals surface area contributed by atoms with Crippen molar-refractivity contribution in [2.24, 2.45) is 5.41 Å². The van der Waals surface area contributed by atoms with Crippen LogP contribution in [0.15, 0.2) is 0 Å². The van der Waals surface area contributed by atoms with Gasteiger partial charge in [-0.2, -0.15) is 0 Å². The average Bonchev–Trinajstić information content (AvgIpc) is 2.21. The number of hydrogen-bond donors (Lipinski definition) is 1. The van der Waals surface area contributed by atoms with Crippen molar-refractivity contribution in [2.75, 3.05) is 24.6 Å². The van der Waals surface area contributed by atoms with Crippen molar-refractivity contribution in [3.63, 3.8) is 0 Å². The van der Waals surface area contributed by atoms with Gasteiger partial charge in [0.05, 0.1) is 11.5 Å². The number of Topliss-reactive ketones (excluding diaryl/α,β-unsaturated/α-hetero) is 1. The standard InChI is InChI=1S/C11H21NO3S/c1-3-6-12-9-11(10(2)13)4-7-16(14,15)8-5-11/h12H,3-9H2,1-2H3. The lowest BCUT2D eigenvalue weighted by atomic mass is 9.78. The third kappa shape index (κ3) is 3.28. The number of carbonyl (C=O) groups is 1. The summed E-state index contributed by atoms with van der Waals surface area (Å²) in [6.45, 7) is 5.14. The molecule has 0 spiro atoms. The third-order valence-electron chi connectivity index (χ3n) is 3.42. The van der Waals surface area contributed by atoms with E-state index in [1.165, 1.54) is 0 Å². The summed E-state index contributed by atoms with van der Waals surface area (Å²) in [5, 5.41) is 3.24. The molecule has 0 radical (unpaired) electrons. The van der Waals surface area contributed by atoms with Crippen LogP contribution in [0.3, 0.4) is 0 Å². The second kappa shape index (κ2) is 5.27. The van der Waals surface area contributed by atoms with Crippen molar-refractivity contribution in [1.29, 1.82) is 0 Å². The van der Waals surface area contributed by atoms with Gasteiger partial charge in [-0.3, -0.25) is 4.79 Å². The first kappa shape index (κ1) is 13.6. The lowest BCUT2D eigenvalue weighted by Gasteiger charge is -2.34. The Balaban J connectivity index is 2.65. The smallest absolute Gasteiger partial charge is 0.150 e. The quantitative estimate of drug-likeness (QED) is 0.729. The Morgan fingerprint density at radius 1 is 1.31 bits per heavy atom. The van der Waals surface area contributed by atoms with Crippen LogP contribution >= 0.6 is 0 Å². The van der Waals surface area contributed by atoms with Gasteiger partial charge in [0.25, 0.3) is 0 Å². The van der Waals surface area contributed by atoms with Gasteiger partial charge in [-0.05, 0) is 32.7 Å². The molecule has 16 heavy (non-hydrogen) atoms. The molecular formula is C11H21NO3S. The maximum Gasteiger partial charge on any atom is 0.150 e. The number of rotatable bonds is 5. The Morgan fingerprint density at radius 3 is 2.31 bits per heavy atom. The monoisotopic (exact) mass is 247 g/mol. The molecule has 0 aromatic carbocycles. The molecule has 1 heterocycles. The topological polar surface area (TPSA) is 63.2 Å². The minimum Gasteiger partial charge on any atom is -0.316 e. The van der Waals surface area contributed by atoms with E-state index in [1.807, 2.05) is 0 Å². The Hall–Kier alpha value is -0.420. The van der Waals surface area contributed by atoms with Gasteiger partial charge >= 0.3 is 0 Å². The fourth-order valence-electron chi connectivity index (χ4n) is 2.09. The molecule has 0 aliphatic carbocycles. The van der Waals surface area contributed by atoms with Gasteiger partial charge in [0.15, 0.2) is 0 Å². The molecular weight excluding hydrogens is 226 g/mol. The molecule has 0 saturated carbocycles. The van der Waals surface area contributed by atoms with Crippen molar-refractivity contribution in [1.82, 2.24) is 5.32 Å². The molecule has 1 aliphatic heterocycles. The average molecular weight is 247 g/mol. The minimum absolute atomic E-state index is 0.117. The van der Waals surface area contributed by atoms with Gasteiger partial charge in [0.1, 0.15) is 15.6 Å². The Bertz CT molecular complexity index is 334. The summed E-state index contributed by atoms with van der Waals surface area (Å²) in [6, 6.07) is 0. The van der Waals surface area contributed by atoms with E-state index in [0.29, 0.717) is 19.4 Å². The van der Waals surface area contributed by atoms with Crippen LogP contribution in [-0.4, -0.2) is 38.8 Å². The summed E-state index contributed by atoms with van der Waals surface area (Å²) in [7, 11) is -2.90. The fraction of sp³-hybridized carbons (Fsp3) is 0.909. The highest BCUT2D eigenvalue weighted by atomic mass is 32.2. The number of ketones is 1. The van der Waals surface area contributed by atoms with Crippen LogP contribution in [0.2, 0.25) is 0 Å². The zero-order chi connectivity index (χ0) is 12.2. The fourth-order valence-corrected chi connectivity index (χ4v) is 3.69. The molecule has 0 aromatic rings. The highest BCUT2D eigenvalue weighted by molar-refractivity contribution is 7.91. The van der Waals surface area contributed by atoms with Crippen LogP contribution in [0.4, 0.5) is 0 Å². The first-order valence-electron chi connectivity index (χ1n) is 5.84. The summed E-state index contributed by atoms with van der Waals surface area (Å²) in [4.78, 5) is 11.7. The molecule has 5 heteroatoms. The highest BCUT2D eigenvalue weighted by Gasteiger charge is 2.40. The lowest BCUT2D eigenvalue weighted by molar-refractivity contribution is -0.126. The normalized spacial score (nSPS) is 22.9. The van der Waals surface area contributed by atoms with Crippen LogP contribution in [0.25, 0.3) is 0 Å². The molecule has 0 unspecified atom stereocenters. The number of hydrogen-bond acceptors (Lipinski definition) is 4. The van der Waals surface area contributed by atoms with E-state index in [9.17, 15) is 13.2 Å². The van der Waals surface area contributed by atoms with Gasteiger partial charge in [-0.1, -0.05) is 6.92 Å². The predicted octanol–water partition coefficient (Wildman–Crippen LogP) is 0.770. The van der Waals surface area contributed by atoms with Crippen molar-refractivity contribution in [2.45, 2.75) is 33.1 Å². The minimum atomic E-state index is -2.90. The molecule has 1 saturated heterocycles. The van der Waals surface area contributed by atoms with E-state index in [0.717, 1.165) is 13.0 Å². The summed E-state index contributed by atoms with van der Waals surface area (Å²) in [5.74, 6) is 0.423. The molecule has 1 fully saturated rings. The van der Waals surface area contributed by atoms with Crippen LogP contribution in [0.1, 0.15) is 33.1 Å². The van der Waals surface area contributed by atoms with Crippen molar-refractivity contribution < 1.29 is 13.2 Å². The Kier molecular flexibility index (Phi) is 4.50. The molecule has 1 aliphatic rings. The van der Waals surface area contributed by atoms with Gasteiger partial charge in [-0.25, -0.2) is 8.42 Å². The van der Waals surface area contributed by atoms with Crippen LogP contribution in [0.5, 0.6) is 0 Å². The number of sulfone groups is 1. The van der Waals surface area contributed by atoms with E-state index in [-0.39, 0.29) is 17.3 Å². The third-order valence-corrected chi connectivity index (χ3v) is 5.07. The van der Waals surface area contributed by atoms with Crippen LogP contribution in [-0.2, 0) is 14.6 Å². The van der Waals surface area contributed by atoms with Crippen LogP contribution in [0, 0.1) is 5.41 Å². The second-order valence-electron chi connectivity index (χ2n) is 4.67. The van der Waals surface area contributed by atoms with E-state index >= 15 is 0 Å². The summed E-state index contributed by atoms with van der Waals surface area (Å²) in [6.07, 6.45) is 1.97. The van der Waals surface area contributed by atoms with Gasteiger partial charge in [0, 0.05) is 12.0 Å². The van der Waals surface area contributed by atoms with Crippen molar-refractivity contribution >= 4 is 15.6 Å². The van der Waals surface area contributed by atoms with E-state index in [4.69, 9.17) is 0 Å². The first-order chi connectivity index (χ1) is 7.42. The van der Waals surface area contributed by atoms with Crippen LogP contribution < -0.4 is 5.32 Å². The van der Waals surface area contributed by atoms with Crippen molar-refractivity contribution in [3.05, 3.63) is 0 Å². The van der Waals surface area contributed by atoms with Gasteiger partial charge in [-0.15, -0.1) is 0 Å². The maximum atomic E-state index is 11.7. The SMILES string of the molecule is CCCNCC1(C(C)=O)CCS(=O)(=O)CC1. The molecule has 0 amide bonds. The lowest BCUT2D eigenvalue weighted by Crippen LogP contribution is -2.45. The molecule has 4 nitrogen and oxygen atoms in total. The van der Waals surface area contributed by atoms with Gasteiger partial charge < -0.3 is 5.32 Å². The molecule has 1 N–H and O–H groups in total. The molecule has 1 rings (SSSR count). The second-order valence-corrected chi connectivity index (χ2v) is 6.97.